The van der Waals surface area contributed by atoms with Crippen LogP contribution < -0.4 is 10.0 Å². The number of rotatable bonds is 13. The van der Waals surface area contributed by atoms with Gasteiger partial charge in [0.05, 0.1) is 29.4 Å². The fourth-order valence-corrected chi connectivity index (χ4v) is 6.04. The number of benzene rings is 1. The number of carbonyl (C=O) groups is 2. The molecule has 2 heterocycles. The molecule has 11 nitrogen and oxygen atoms in total. The van der Waals surface area contributed by atoms with Crippen LogP contribution >= 0.6 is 22.7 Å². The van der Waals surface area contributed by atoms with E-state index >= 15 is 0 Å². The molecule has 0 aliphatic rings. The summed E-state index contributed by atoms with van der Waals surface area (Å²) in [5.41, 5.74) is 1.68. The van der Waals surface area contributed by atoms with Crippen molar-refractivity contribution < 1.29 is 27.3 Å². The number of anilines is 1. The highest BCUT2D eigenvalue weighted by atomic mass is 32.2. The van der Waals surface area contributed by atoms with Crippen LogP contribution in [0.25, 0.3) is 9.88 Å². The average Bonchev–Trinajstić information content (AvgIpc) is 3.58. The van der Waals surface area contributed by atoms with Crippen LogP contribution in [0.3, 0.4) is 0 Å². The maximum Gasteiger partial charge on any atom is 0.409 e. The number of amides is 2. The number of methoxy groups -OCH3 is 1. The number of carbonyl (C=O) groups excluding carboxylic acids is 2. The first-order valence-electron chi connectivity index (χ1n) is 12.1. The number of likely N-dealkylation sites (N-methyl/N-ethyl adjacent to an activating group) is 1. The first-order valence-corrected chi connectivity index (χ1v) is 15.3. The zero-order chi connectivity index (χ0) is 28.6. The van der Waals surface area contributed by atoms with E-state index < -0.39 is 28.5 Å². The van der Waals surface area contributed by atoms with Gasteiger partial charge in [-0.05, 0) is 69.0 Å². The van der Waals surface area contributed by atoms with Crippen molar-refractivity contribution in [1.82, 2.24) is 20.1 Å². The Labute approximate surface area is 236 Å². The van der Waals surface area contributed by atoms with Crippen molar-refractivity contribution in [1.29, 1.82) is 0 Å². The van der Waals surface area contributed by atoms with Gasteiger partial charge in [0.25, 0.3) is 0 Å². The van der Waals surface area contributed by atoms with Crippen LogP contribution in [0.5, 0.6) is 0 Å². The van der Waals surface area contributed by atoms with E-state index in [1.54, 1.807) is 30.5 Å². The van der Waals surface area contributed by atoms with Gasteiger partial charge in [0.1, 0.15) is 11.0 Å². The molecule has 2 unspecified atom stereocenters. The summed E-state index contributed by atoms with van der Waals surface area (Å²) in [6.07, 6.45) is 0.888. The molecule has 3 N–H and O–H groups in total. The summed E-state index contributed by atoms with van der Waals surface area (Å²) in [4.78, 5) is 35.0. The number of hydrogen-bond acceptors (Lipinski definition) is 9. The third-order valence-electron chi connectivity index (χ3n) is 5.88. The lowest BCUT2D eigenvalue weighted by molar-refractivity contribution is -0.126. The molecule has 0 aliphatic heterocycles. The minimum Gasteiger partial charge on any atom is -0.453 e. The minimum atomic E-state index is -4.39. The normalized spacial score (nSPS) is 13.1. The Hall–Kier alpha value is -3.04. The highest BCUT2D eigenvalue weighted by Gasteiger charge is 2.30. The number of nitrogens with zero attached hydrogens (tertiary/aromatic N) is 3. The minimum absolute atomic E-state index is 0.205. The number of nitrogens with one attached hydrogen (secondary N) is 2. The highest BCUT2D eigenvalue weighted by molar-refractivity contribution is 7.87. The molecular weight excluding hydrogens is 563 g/mol. The van der Waals surface area contributed by atoms with Crippen molar-refractivity contribution in [3.8, 4) is 9.88 Å². The lowest BCUT2D eigenvalue weighted by Gasteiger charge is -2.28. The third-order valence-corrected chi connectivity index (χ3v) is 8.28. The van der Waals surface area contributed by atoms with Crippen LogP contribution in [-0.4, -0.2) is 80.6 Å². The van der Waals surface area contributed by atoms with Gasteiger partial charge in [0.15, 0.2) is 0 Å². The largest absolute Gasteiger partial charge is 0.453 e. The van der Waals surface area contributed by atoms with E-state index in [0.29, 0.717) is 25.0 Å². The van der Waals surface area contributed by atoms with E-state index in [9.17, 15) is 18.0 Å². The fraction of sp³-hybridized carbons (Fsp3) is 0.400. The molecule has 0 fully saturated rings. The maximum absolute atomic E-state index is 13.6. The molecule has 39 heavy (non-hydrogen) atoms. The number of ether oxygens (including phenoxy) is 1. The number of hydrogen-bond donors (Lipinski definition) is 3. The summed E-state index contributed by atoms with van der Waals surface area (Å²) in [5, 5.41) is 7.79. The molecule has 1 aromatic carbocycles. The number of aromatic nitrogens is 1. The second-order valence-corrected chi connectivity index (χ2v) is 12.1. The SMILES string of the molecule is COC(=O)N(C)C(CCCN(C)C)C(=O)NC(Cc1ccc(NS(=O)(=O)O)cc1)c1csc(-c2cccs2)n1. The summed E-state index contributed by atoms with van der Waals surface area (Å²) in [7, 11) is 2.31. The van der Waals surface area contributed by atoms with Gasteiger partial charge in [-0.25, -0.2) is 9.78 Å². The Morgan fingerprint density at radius 3 is 2.44 bits per heavy atom. The Morgan fingerprint density at radius 2 is 1.85 bits per heavy atom. The molecule has 2 amide bonds. The van der Waals surface area contributed by atoms with Crippen molar-refractivity contribution in [3.63, 3.8) is 0 Å². The average molecular weight is 596 g/mol. The third kappa shape index (κ3) is 9.28. The molecule has 0 radical (unpaired) electrons. The van der Waals surface area contributed by atoms with Gasteiger partial charge in [-0.15, -0.1) is 22.7 Å². The summed E-state index contributed by atoms with van der Waals surface area (Å²) in [6.45, 7) is 0.752. The van der Waals surface area contributed by atoms with Gasteiger partial charge in [-0.3, -0.25) is 19.0 Å². The monoisotopic (exact) mass is 595 g/mol. The summed E-state index contributed by atoms with van der Waals surface area (Å²) in [5.74, 6) is -0.331. The maximum atomic E-state index is 13.6. The van der Waals surface area contributed by atoms with Crippen LogP contribution in [0.15, 0.2) is 47.2 Å². The van der Waals surface area contributed by atoms with Crippen molar-refractivity contribution >= 4 is 50.7 Å². The standard InChI is InChI=1S/C25H33N5O6S3/c1-29(2)13-5-7-21(30(3)25(32)36-4)23(31)26-19(20-16-38-24(27-20)22-8-6-14-37-22)15-17-9-11-18(12-10-17)28-39(33,34)35/h6,8-12,14,16,19,21,28H,5,7,13,15H2,1-4H3,(H,26,31)(H,33,34,35). The summed E-state index contributed by atoms with van der Waals surface area (Å²) < 4.78 is 38.1. The van der Waals surface area contributed by atoms with E-state index in [-0.39, 0.29) is 11.6 Å². The molecule has 14 heteroatoms. The summed E-state index contributed by atoms with van der Waals surface area (Å²) >= 11 is 3.05. The summed E-state index contributed by atoms with van der Waals surface area (Å²) in [6, 6.07) is 9.10. The zero-order valence-corrected chi connectivity index (χ0v) is 24.6. The molecule has 0 aliphatic carbocycles. The highest BCUT2D eigenvalue weighted by Crippen LogP contribution is 2.31. The molecule has 3 rings (SSSR count). The smallest absolute Gasteiger partial charge is 0.409 e. The van der Waals surface area contributed by atoms with Crippen molar-refractivity contribution in [3.05, 3.63) is 58.4 Å². The molecule has 0 spiro atoms. The van der Waals surface area contributed by atoms with Gasteiger partial charge in [-0.2, -0.15) is 8.42 Å². The topological polar surface area (TPSA) is 141 Å². The predicted octanol–water partition coefficient (Wildman–Crippen LogP) is 3.89. The van der Waals surface area contributed by atoms with Gasteiger partial charge >= 0.3 is 16.4 Å². The first-order chi connectivity index (χ1) is 18.5. The number of thiophene rings is 1. The van der Waals surface area contributed by atoms with Crippen molar-refractivity contribution in [2.75, 3.05) is 39.5 Å². The van der Waals surface area contributed by atoms with Crippen LogP contribution in [0.4, 0.5) is 10.5 Å². The lowest BCUT2D eigenvalue weighted by Crippen LogP contribution is -2.49. The molecule has 3 aromatic rings. The Bertz CT molecular complexity index is 1330. The van der Waals surface area contributed by atoms with Gasteiger partial charge in [0, 0.05) is 12.4 Å². The van der Waals surface area contributed by atoms with Gasteiger partial charge < -0.3 is 15.0 Å². The van der Waals surface area contributed by atoms with E-state index in [1.165, 1.54) is 35.5 Å². The molecule has 0 saturated heterocycles. The van der Waals surface area contributed by atoms with E-state index in [2.05, 4.69) is 5.32 Å². The molecule has 0 saturated carbocycles. The number of thiazole rings is 1. The predicted molar refractivity (Wildman–Crippen MR) is 153 cm³/mol. The molecular formula is C25H33N5O6S3. The van der Waals surface area contributed by atoms with Crippen LogP contribution in [-0.2, 0) is 26.3 Å². The lowest BCUT2D eigenvalue weighted by atomic mass is 10.0. The van der Waals surface area contributed by atoms with E-state index in [4.69, 9.17) is 14.3 Å². The zero-order valence-electron chi connectivity index (χ0n) is 22.2. The molecule has 212 valence electrons. The van der Waals surface area contributed by atoms with Gasteiger partial charge in [-0.1, -0.05) is 18.2 Å². The quantitative estimate of drug-likeness (QED) is 0.253. The van der Waals surface area contributed by atoms with Crippen molar-refractivity contribution in [2.24, 2.45) is 0 Å². The molecule has 0 bridgehead atoms. The fourth-order valence-electron chi connectivity index (χ4n) is 3.92. The molecule has 2 atom stereocenters. The van der Waals surface area contributed by atoms with Crippen LogP contribution in [0.1, 0.15) is 30.1 Å². The first kappa shape index (κ1) is 30.5. The van der Waals surface area contributed by atoms with Gasteiger partial charge in [0.2, 0.25) is 5.91 Å². The second-order valence-electron chi connectivity index (χ2n) is 9.14. The van der Waals surface area contributed by atoms with Crippen LogP contribution in [0.2, 0.25) is 0 Å². The van der Waals surface area contributed by atoms with Crippen LogP contribution in [0, 0.1) is 0 Å². The van der Waals surface area contributed by atoms with E-state index in [0.717, 1.165) is 22.0 Å². The van der Waals surface area contributed by atoms with E-state index in [1.807, 2.05) is 46.6 Å². The second kappa shape index (κ2) is 13.8. The Morgan fingerprint density at radius 1 is 1.13 bits per heavy atom. The Balaban J connectivity index is 1.87. The molecule has 2 aromatic heterocycles. The Kier molecular flexibility index (Phi) is 10.8. The van der Waals surface area contributed by atoms with Crippen molar-refractivity contribution in [2.45, 2.75) is 31.3 Å².